The van der Waals surface area contributed by atoms with Crippen LogP contribution < -0.4 is 4.89 Å². The Hall–Kier alpha value is -2.29. The first-order valence-corrected chi connectivity index (χ1v) is 25.0. The number of phosphoric acid groups is 1. The Morgan fingerprint density at radius 2 is 0.932 bits per heavy atom. The van der Waals surface area contributed by atoms with Crippen LogP contribution in [-0.4, -0.2) is 70.0 Å². The molecule has 0 spiro atoms. The highest BCUT2D eigenvalue weighted by Crippen LogP contribution is 2.38. The molecule has 0 aromatic heterocycles. The standard InChI is InChI=1S/C49H88NO8P/c1-6-8-10-12-14-16-18-20-22-23-24-25-26-27-28-30-31-33-35-37-39-41-48(51)55-45-47(46-57-59(53,54)56-44-43-50(3,4)5)58-49(52)42-40-38-36-34-32-29-21-19-17-15-13-11-9-7-2/h19,21-23,25-26,28,30,33,35,47H,6-18,20,24,27,29,31-32,34,36-46H2,1-5H3/b21-19+,23-22+,26-25+,30-28+,35-33+/t47-/m0/s1. The second-order valence-electron chi connectivity index (χ2n) is 16.8. The summed E-state index contributed by atoms with van der Waals surface area (Å²) in [6, 6.07) is 0. The first-order valence-electron chi connectivity index (χ1n) is 23.5. The number of hydrogen-bond donors (Lipinski definition) is 0. The van der Waals surface area contributed by atoms with Crippen molar-refractivity contribution >= 4 is 19.8 Å². The van der Waals surface area contributed by atoms with Gasteiger partial charge in [-0.1, -0.05) is 158 Å². The van der Waals surface area contributed by atoms with Gasteiger partial charge in [0.05, 0.1) is 27.7 Å². The van der Waals surface area contributed by atoms with E-state index in [4.69, 9.17) is 18.5 Å². The molecule has 342 valence electrons. The minimum atomic E-state index is -4.64. The summed E-state index contributed by atoms with van der Waals surface area (Å²) in [5.74, 6) is -0.912. The molecule has 0 heterocycles. The fraction of sp³-hybridized carbons (Fsp3) is 0.755. The second-order valence-corrected chi connectivity index (χ2v) is 18.2. The summed E-state index contributed by atoms with van der Waals surface area (Å²) < 4.78 is 33.9. The molecule has 0 aliphatic carbocycles. The minimum Gasteiger partial charge on any atom is -0.756 e. The number of likely N-dealkylation sites (N-methyl/N-ethyl adjacent to an activating group) is 1. The molecule has 10 heteroatoms. The van der Waals surface area contributed by atoms with Crippen molar-refractivity contribution in [2.24, 2.45) is 0 Å². The van der Waals surface area contributed by atoms with Crippen LogP contribution in [0.15, 0.2) is 60.8 Å². The van der Waals surface area contributed by atoms with Crippen LogP contribution in [-0.2, 0) is 32.7 Å². The first-order chi connectivity index (χ1) is 28.5. The maximum Gasteiger partial charge on any atom is 0.306 e. The van der Waals surface area contributed by atoms with Gasteiger partial charge in [0.1, 0.15) is 19.8 Å². The molecule has 0 saturated heterocycles. The second kappa shape index (κ2) is 41.1. The van der Waals surface area contributed by atoms with Crippen molar-refractivity contribution in [2.45, 2.75) is 193 Å². The van der Waals surface area contributed by atoms with E-state index >= 15 is 0 Å². The molecule has 9 nitrogen and oxygen atoms in total. The zero-order chi connectivity index (χ0) is 43.6. The molecule has 0 radical (unpaired) electrons. The number of hydrogen-bond acceptors (Lipinski definition) is 8. The van der Waals surface area contributed by atoms with Gasteiger partial charge in [-0.3, -0.25) is 14.2 Å². The molecule has 0 saturated carbocycles. The molecule has 0 aromatic carbocycles. The van der Waals surface area contributed by atoms with Crippen LogP contribution in [0.25, 0.3) is 0 Å². The molecule has 0 amide bonds. The average Bonchev–Trinajstić information content (AvgIpc) is 3.19. The van der Waals surface area contributed by atoms with E-state index in [1.165, 1.54) is 89.9 Å². The third-order valence-electron chi connectivity index (χ3n) is 9.76. The summed E-state index contributed by atoms with van der Waals surface area (Å²) in [5, 5.41) is 0. The summed E-state index contributed by atoms with van der Waals surface area (Å²) in [4.78, 5) is 37.5. The van der Waals surface area contributed by atoms with Crippen LogP contribution in [0.4, 0.5) is 0 Å². The Bertz CT molecular complexity index is 1190. The van der Waals surface area contributed by atoms with E-state index in [-0.39, 0.29) is 26.1 Å². The Morgan fingerprint density at radius 1 is 0.525 bits per heavy atom. The van der Waals surface area contributed by atoms with Gasteiger partial charge >= 0.3 is 11.9 Å². The monoisotopic (exact) mass is 850 g/mol. The molecule has 1 unspecified atom stereocenters. The number of esters is 2. The van der Waals surface area contributed by atoms with Crippen LogP contribution in [0, 0.1) is 0 Å². The molecule has 0 aromatic rings. The van der Waals surface area contributed by atoms with Crippen LogP contribution >= 0.6 is 7.82 Å². The van der Waals surface area contributed by atoms with E-state index in [9.17, 15) is 19.0 Å². The smallest absolute Gasteiger partial charge is 0.306 e. The van der Waals surface area contributed by atoms with E-state index in [1.807, 2.05) is 21.1 Å². The number of allylic oxidation sites excluding steroid dienone is 10. The van der Waals surface area contributed by atoms with Crippen molar-refractivity contribution < 1.29 is 42.1 Å². The van der Waals surface area contributed by atoms with Gasteiger partial charge in [0.25, 0.3) is 7.82 Å². The molecule has 0 rings (SSSR count). The summed E-state index contributed by atoms with van der Waals surface area (Å²) in [6.45, 7) is 4.14. The van der Waals surface area contributed by atoms with Crippen LogP contribution in [0.1, 0.15) is 187 Å². The fourth-order valence-electron chi connectivity index (χ4n) is 6.05. The number of ether oxygens (including phenoxy) is 2. The molecule has 0 N–H and O–H groups in total. The maximum absolute atomic E-state index is 12.7. The molecule has 0 bridgehead atoms. The number of quaternary nitrogens is 1. The Morgan fingerprint density at radius 3 is 1.42 bits per heavy atom. The highest BCUT2D eigenvalue weighted by molar-refractivity contribution is 7.45. The number of rotatable bonds is 42. The van der Waals surface area contributed by atoms with Gasteiger partial charge in [0.2, 0.25) is 0 Å². The normalized spacial score (nSPS) is 14.1. The predicted octanol–water partition coefficient (Wildman–Crippen LogP) is 13.0. The SMILES string of the molecule is CCCCCCC/C=C/CCCCCCCC(=O)O[C@@H](COC(=O)CCC/C=C/C/C=C/C/C=C/C/C=C/CCCCCCCCC)COP(=O)([O-])OCC[N+](C)(C)C. The Kier molecular flexibility index (Phi) is 39.5. The van der Waals surface area contributed by atoms with Crippen molar-refractivity contribution in [1.29, 1.82) is 0 Å². The van der Waals surface area contributed by atoms with Crippen LogP contribution in [0.5, 0.6) is 0 Å². The molecule has 59 heavy (non-hydrogen) atoms. The fourth-order valence-corrected chi connectivity index (χ4v) is 6.78. The summed E-state index contributed by atoms with van der Waals surface area (Å²) in [6.07, 6.45) is 49.7. The van der Waals surface area contributed by atoms with Crippen LogP contribution in [0.2, 0.25) is 0 Å². The van der Waals surface area contributed by atoms with Gasteiger partial charge < -0.3 is 27.9 Å². The molecular weight excluding hydrogens is 762 g/mol. The average molecular weight is 850 g/mol. The molecular formula is C49H88NO8P. The minimum absolute atomic E-state index is 0.0429. The third kappa shape index (κ3) is 45.1. The molecule has 0 fully saturated rings. The zero-order valence-electron chi connectivity index (χ0n) is 38.4. The van der Waals surface area contributed by atoms with Gasteiger partial charge in [-0.2, -0.15) is 0 Å². The van der Waals surface area contributed by atoms with Crippen LogP contribution in [0.3, 0.4) is 0 Å². The van der Waals surface area contributed by atoms with Crippen molar-refractivity contribution in [2.75, 3.05) is 47.5 Å². The van der Waals surface area contributed by atoms with E-state index in [0.29, 0.717) is 23.9 Å². The lowest BCUT2D eigenvalue weighted by Crippen LogP contribution is -2.37. The highest BCUT2D eigenvalue weighted by atomic mass is 31.2. The lowest BCUT2D eigenvalue weighted by molar-refractivity contribution is -0.870. The lowest BCUT2D eigenvalue weighted by atomic mass is 10.1. The van der Waals surface area contributed by atoms with Crippen molar-refractivity contribution in [3.63, 3.8) is 0 Å². The quantitative estimate of drug-likeness (QED) is 0.0196. The predicted molar refractivity (Wildman–Crippen MR) is 245 cm³/mol. The van der Waals surface area contributed by atoms with Gasteiger partial charge in [-0.25, -0.2) is 0 Å². The largest absolute Gasteiger partial charge is 0.756 e. The van der Waals surface area contributed by atoms with Gasteiger partial charge in [0.15, 0.2) is 6.10 Å². The zero-order valence-corrected chi connectivity index (χ0v) is 39.3. The summed E-state index contributed by atoms with van der Waals surface area (Å²) >= 11 is 0. The first kappa shape index (κ1) is 56.7. The lowest BCUT2D eigenvalue weighted by Gasteiger charge is -2.28. The summed E-state index contributed by atoms with van der Waals surface area (Å²) in [7, 11) is 1.13. The number of carbonyl (C=O) groups is 2. The van der Waals surface area contributed by atoms with Crippen molar-refractivity contribution in [3.05, 3.63) is 60.8 Å². The van der Waals surface area contributed by atoms with Crippen molar-refractivity contribution in [1.82, 2.24) is 0 Å². The highest BCUT2D eigenvalue weighted by Gasteiger charge is 2.21. The Labute approximate surface area is 362 Å². The summed E-state index contributed by atoms with van der Waals surface area (Å²) in [5.41, 5.74) is 0. The number of carbonyl (C=O) groups excluding carboxylic acids is 2. The Balaban J connectivity index is 4.42. The topological polar surface area (TPSA) is 111 Å². The number of nitrogens with zero attached hydrogens (tertiary/aromatic N) is 1. The number of phosphoric ester groups is 1. The molecule has 0 aliphatic heterocycles. The van der Waals surface area contributed by atoms with Gasteiger partial charge in [-0.05, 0) is 77.0 Å². The third-order valence-corrected chi connectivity index (χ3v) is 10.7. The van der Waals surface area contributed by atoms with Gasteiger partial charge in [-0.15, -0.1) is 0 Å². The van der Waals surface area contributed by atoms with E-state index in [0.717, 1.165) is 57.8 Å². The molecule has 2 atom stereocenters. The maximum atomic E-state index is 12.7. The van der Waals surface area contributed by atoms with Gasteiger partial charge in [0, 0.05) is 12.8 Å². The van der Waals surface area contributed by atoms with E-state index in [2.05, 4.69) is 74.6 Å². The van der Waals surface area contributed by atoms with Crippen molar-refractivity contribution in [3.8, 4) is 0 Å². The molecule has 0 aliphatic rings. The van der Waals surface area contributed by atoms with E-state index < -0.39 is 32.5 Å². The number of unbranched alkanes of at least 4 members (excludes halogenated alkanes) is 18. The van der Waals surface area contributed by atoms with E-state index in [1.54, 1.807) is 0 Å².